The van der Waals surface area contributed by atoms with Crippen LogP contribution in [-0.4, -0.2) is 22.9 Å². The lowest BCUT2D eigenvalue weighted by atomic mass is 9.85. The fourth-order valence-electron chi connectivity index (χ4n) is 3.29. The van der Waals surface area contributed by atoms with Gasteiger partial charge in [0.2, 0.25) is 5.91 Å². The molecule has 2 N–H and O–H groups in total. The molecule has 21 heavy (non-hydrogen) atoms. The summed E-state index contributed by atoms with van der Waals surface area (Å²) in [6.45, 7) is 0.521. The van der Waals surface area contributed by atoms with Crippen LogP contribution in [0.15, 0.2) is 24.3 Å². The first-order valence-corrected chi connectivity index (χ1v) is 7.94. The second-order valence-electron chi connectivity index (χ2n) is 6.45. The zero-order chi connectivity index (χ0) is 14.8. The molecule has 3 rings (SSSR count). The predicted molar refractivity (Wildman–Crippen MR) is 79.9 cm³/mol. The van der Waals surface area contributed by atoms with Crippen molar-refractivity contribution in [2.24, 2.45) is 11.7 Å². The Morgan fingerprint density at radius 1 is 1.29 bits per heavy atom. The minimum atomic E-state index is -0.240. The molecule has 1 amide bonds. The van der Waals surface area contributed by atoms with Gasteiger partial charge in [0.05, 0.1) is 0 Å². The predicted octanol–water partition coefficient (Wildman–Crippen LogP) is 2.83. The average Bonchev–Trinajstić information content (AvgIpc) is 3.29. The van der Waals surface area contributed by atoms with E-state index in [2.05, 4.69) is 0 Å². The summed E-state index contributed by atoms with van der Waals surface area (Å²) in [5.41, 5.74) is 6.88. The molecule has 0 bridgehead atoms. The zero-order valence-electron chi connectivity index (χ0n) is 12.3. The van der Waals surface area contributed by atoms with Crippen LogP contribution in [0.1, 0.15) is 44.1 Å². The van der Waals surface area contributed by atoms with E-state index in [0.717, 1.165) is 44.1 Å². The van der Waals surface area contributed by atoms with Gasteiger partial charge in [-0.15, -0.1) is 0 Å². The number of nitrogens with zero attached hydrogens (tertiary/aromatic N) is 1. The van der Waals surface area contributed by atoms with Crippen LogP contribution in [0.2, 0.25) is 0 Å². The summed E-state index contributed by atoms with van der Waals surface area (Å²) < 4.78 is 13.3. The molecule has 0 radical (unpaired) electrons. The SMILES string of the molecule is NC1CCCC(C(=O)N(Cc2cccc(F)c2)C2CC2)C1. The Bertz CT molecular complexity index is 515. The van der Waals surface area contributed by atoms with Gasteiger partial charge in [-0.05, 0) is 49.8 Å². The van der Waals surface area contributed by atoms with E-state index >= 15 is 0 Å². The van der Waals surface area contributed by atoms with Crippen LogP contribution in [-0.2, 0) is 11.3 Å². The third-order valence-electron chi connectivity index (χ3n) is 4.58. The number of carbonyl (C=O) groups is 1. The summed E-state index contributed by atoms with van der Waals surface area (Å²) in [6.07, 6.45) is 5.94. The molecule has 3 nitrogen and oxygen atoms in total. The maximum Gasteiger partial charge on any atom is 0.226 e. The Morgan fingerprint density at radius 2 is 2.10 bits per heavy atom. The number of carbonyl (C=O) groups excluding carboxylic acids is 1. The highest BCUT2D eigenvalue weighted by Gasteiger charge is 2.37. The van der Waals surface area contributed by atoms with Crippen LogP contribution in [0.3, 0.4) is 0 Å². The van der Waals surface area contributed by atoms with E-state index in [9.17, 15) is 9.18 Å². The highest BCUT2D eigenvalue weighted by molar-refractivity contribution is 5.79. The smallest absolute Gasteiger partial charge is 0.226 e. The van der Waals surface area contributed by atoms with Gasteiger partial charge in [-0.3, -0.25) is 4.79 Å². The summed E-state index contributed by atoms with van der Waals surface area (Å²) >= 11 is 0. The van der Waals surface area contributed by atoms with Crippen molar-refractivity contribution >= 4 is 5.91 Å². The minimum Gasteiger partial charge on any atom is -0.335 e. The van der Waals surface area contributed by atoms with Crippen molar-refractivity contribution < 1.29 is 9.18 Å². The van der Waals surface area contributed by atoms with Crippen molar-refractivity contribution in [3.05, 3.63) is 35.6 Å². The number of hydrogen-bond donors (Lipinski definition) is 1. The van der Waals surface area contributed by atoms with E-state index in [4.69, 9.17) is 5.73 Å². The number of benzene rings is 1. The number of halogens is 1. The minimum absolute atomic E-state index is 0.0582. The third-order valence-corrected chi connectivity index (χ3v) is 4.58. The second-order valence-corrected chi connectivity index (χ2v) is 6.45. The Morgan fingerprint density at radius 3 is 2.76 bits per heavy atom. The first-order valence-electron chi connectivity index (χ1n) is 7.94. The topological polar surface area (TPSA) is 46.3 Å². The molecule has 2 aliphatic rings. The lowest BCUT2D eigenvalue weighted by molar-refractivity contribution is -0.138. The maximum atomic E-state index is 13.3. The van der Waals surface area contributed by atoms with Gasteiger partial charge in [-0.25, -0.2) is 4.39 Å². The van der Waals surface area contributed by atoms with E-state index in [0.29, 0.717) is 12.6 Å². The Labute approximate surface area is 125 Å². The van der Waals surface area contributed by atoms with E-state index < -0.39 is 0 Å². The van der Waals surface area contributed by atoms with E-state index in [-0.39, 0.29) is 23.7 Å². The van der Waals surface area contributed by atoms with Gasteiger partial charge >= 0.3 is 0 Å². The zero-order valence-corrected chi connectivity index (χ0v) is 12.3. The van der Waals surface area contributed by atoms with Crippen molar-refractivity contribution in [3.63, 3.8) is 0 Å². The van der Waals surface area contributed by atoms with Crippen molar-refractivity contribution in [2.75, 3.05) is 0 Å². The standard InChI is InChI=1S/C17H23FN2O/c18-14-5-1-3-12(9-14)11-20(16-7-8-16)17(21)13-4-2-6-15(19)10-13/h1,3,5,9,13,15-16H,2,4,6-8,10-11,19H2. The van der Waals surface area contributed by atoms with Gasteiger partial charge in [-0.1, -0.05) is 18.6 Å². The molecule has 0 saturated heterocycles. The molecular formula is C17H23FN2O. The molecule has 2 unspecified atom stereocenters. The quantitative estimate of drug-likeness (QED) is 0.927. The Kier molecular flexibility index (Phi) is 4.24. The van der Waals surface area contributed by atoms with Gasteiger partial charge < -0.3 is 10.6 Å². The molecule has 2 fully saturated rings. The average molecular weight is 290 g/mol. The van der Waals surface area contributed by atoms with Crippen LogP contribution in [0.25, 0.3) is 0 Å². The number of rotatable bonds is 4. The van der Waals surface area contributed by atoms with Crippen LogP contribution in [0.5, 0.6) is 0 Å². The first kappa shape index (κ1) is 14.5. The molecular weight excluding hydrogens is 267 g/mol. The normalized spacial score (nSPS) is 25.6. The fourth-order valence-corrected chi connectivity index (χ4v) is 3.29. The second kappa shape index (κ2) is 6.14. The van der Waals surface area contributed by atoms with Crippen molar-refractivity contribution in [1.82, 2.24) is 4.90 Å². The summed E-state index contributed by atoms with van der Waals surface area (Å²) in [6, 6.07) is 7.05. The van der Waals surface area contributed by atoms with Gasteiger partial charge in [0.25, 0.3) is 0 Å². The van der Waals surface area contributed by atoms with Gasteiger partial charge in [0.1, 0.15) is 5.82 Å². The van der Waals surface area contributed by atoms with Crippen molar-refractivity contribution in [1.29, 1.82) is 0 Å². The summed E-state index contributed by atoms with van der Waals surface area (Å²) in [5.74, 6) is 0.0372. The molecule has 1 aromatic rings. The number of amides is 1. The molecule has 2 aliphatic carbocycles. The van der Waals surface area contributed by atoms with Crippen LogP contribution in [0, 0.1) is 11.7 Å². The van der Waals surface area contributed by atoms with E-state index in [1.165, 1.54) is 12.1 Å². The Hall–Kier alpha value is -1.42. The van der Waals surface area contributed by atoms with E-state index in [1.807, 2.05) is 11.0 Å². The lowest BCUT2D eigenvalue weighted by Gasteiger charge is -2.31. The lowest BCUT2D eigenvalue weighted by Crippen LogP contribution is -2.41. The molecule has 0 spiro atoms. The highest BCUT2D eigenvalue weighted by atomic mass is 19.1. The summed E-state index contributed by atoms with van der Waals surface area (Å²) in [4.78, 5) is 14.7. The van der Waals surface area contributed by atoms with Crippen molar-refractivity contribution in [2.45, 2.75) is 57.2 Å². The molecule has 114 valence electrons. The fraction of sp³-hybridized carbons (Fsp3) is 0.588. The highest BCUT2D eigenvalue weighted by Crippen LogP contribution is 2.33. The van der Waals surface area contributed by atoms with Crippen molar-refractivity contribution in [3.8, 4) is 0 Å². The van der Waals surface area contributed by atoms with Gasteiger partial charge in [0, 0.05) is 24.5 Å². The molecule has 4 heteroatoms. The Balaban J connectivity index is 1.70. The van der Waals surface area contributed by atoms with Gasteiger partial charge in [-0.2, -0.15) is 0 Å². The molecule has 2 atom stereocenters. The molecule has 1 aromatic carbocycles. The third kappa shape index (κ3) is 3.62. The van der Waals surface area contributed by atoms with Gasteiger partial charge in [0.15, 0.2) is 0 Å². The molecule has 0 heterocycles. The maximum absolute atomic E-state index is 13.3. The molecule has 0 aliphatic heterocycles. The van der Waals surface area contributed by atoms with Crippen LogP contribution < -0.4 is 5.73 Å². The largest absolute Gasteiger partial charge is 0.335 e. The van der Waals surface area contributed by atoms with Crippen LogP contribution >= 0.6 is 0 Å². The monoisotopic (exact) mass is 290 g/mol. The van der Waals surface area contributed by atoms with Crippen LogP contribution in [0.4, 0.5) is 4.39 Å². The molecule has 0 aromatic heterocycles. The van der Waals surface area contributed by atoms with E-state index in [1.54, 1.807) is 6.07 Å². The molecule has 2 saturated carbocycles. The number of hydrogen-bond acceptors (Lipinski definition) is 2. The first-order chi connectivity index (χ1) is 10.1. The number of nitrogens with two attached hydrogens (primary N) is 1. The summed E-state index contributed by atoms with van der Waals surface area (Å²) in [5, 5.41) is 0. The summed E-state index contributed by atoms with van der Waals surface area (Å²) in [7, 11) is 0.